The lowest BCUT2D eigenvalue weighted by atomic mass is 9.71. The van der Waals surface area contributed by atoms with E-state index in [-0.39, 0.29) is 5.41 Å². The number of allylic oxidation sites excluding steroid dienone is 8. The molecule has 0 aromatic heterocycles. The Balaban J connectivity index is 1.97. The van der Waals surface area contributed by atoms with Crippen LogP contribution in [0, 0.1) is 5.41 Å². The Morgan fingerprint density at radius 3 is 2.00 bits per heavy atom. The summed E-state index contributed by atoms with van der Waals surface area (Å²) < 4.78 is 6.02. The Morgan fingerprint density at radius 1 is 1.05 bits per heavy atom. The molecule has 0 saturated carbocycles. The van der Waals surface area contributed by atoms with Crippen LogP contribution in [0.15, 0.2) is 47.6 Å². The van der Waals surface area contributed by atoms with Gasteiger partial charge in [0.15, 0.2) is 8.32 Å². The van der Waals surface area contributed by atoms with Crippen molar-refractivity contribution in [2.24, 2.45) is 5.41 Å². The molecule has 0 radical (unpaired) electrons. The van der Waals surface area contributed by atoms with E-state index in [2.05, 4.69) is 63.0 Å². The minimum absolute atomic E-state index is 0.218. The molecule has 0 fully saturated rings. The van der Waals surface area contributed by atoms with Gasteiger partial charge in [0.05, 0.1) is 0 Å². The van der Waals surface area contributed by atoms with Crippen molar-refractivity contribution in [1.82, 2.24) is 0 Å². The minimum Gasteiger partial charge on any atom is -0.418 e. The molecular formula is C18H28OSi. The lowest BCUT2D eigenvalue weighted by molar-refractivity contribution is 0.276. The van der Waals surface area contributed by atoms with Gasteiger partial charge in [-0.05, 0) is 45.3 Å². The molecular weight excluding hydrogens is 260 g/mol. The molecule has 0 atom stereocenters. The SMILES string of the molecule is CC(CCCO[Si](C)(C)C)(C1=CC=CC1)C1=CC=CC1. The van der Waals surface area contributed by atoms with Crippen LogP contribution in [-0.4, -0.2) is 14.9 Å². The molecule has 2 heteroatoms. The fourth-order valence-electron chi connectivity index (χ4n) is 3.04. The van der Waals surface area contributed by atoms with Gasteiger partial charge in [0, 0.05) is 12.0 Å². The Bertz CT molecular complexity index is 430. The zero-order valence-corrected chi connectivity index (χ0v) is 14.4. The first-order valence-corrected chi connectivity index (χ1v) is 11.2. The Morgan fingerprint density at radius 2 is 1.60 bits per heavy atom. The highest BCUT2D eigenvalue weighted by Gasteiger charge is 2.32. The van der Waals surface area contributed by atoms with E-state index in [1.807, 2.05) is 0 Å². The first-order chi connectivity index (χ1) is 9.42. The zero-order valence-electron chi connectivity index (χ0n) is 13.4. The minimum atomic E-state index is -1.37. The van der Waals surface area contributed by atoms with Gasteiger partial charge < -0.3 is 4.43 Å². The molecule has 2 aliphatic carbocycles. The third kappa shape index (κ3) is 3.83. The van der Waals surface area contributed by atoms with E-state index in [1.165, 1.54) is 6.42 Å². The van der Waals surface area contributed by atoms with Crippen LogP contribution < -0.4 is 0 Å². The van der Waals surface area contributed by atoms with Crippen molar-refractivity contribution in [2.45, 2.75) is 52.2 Å². The summed E-state index contributed by atoms with van der Waals surface area (Å²) in [5, 5.41) is 0. The first kappa shape index (κ1) is 15.5. The molecule has 20 heavy (non-hydrogen) atoms. The van der Waals surface area contributed by atoms with Crippen LogP contribution in [0.25, 0.3) is 0 Å². The van der Waals surface area contributed by atoms with Gasteiger partial charge in [0.2, 0.25) is 0 Å². The van der Waals surface area contributed by atoms with E-state index in [0.29, 0.717) is 0 Å². The van der Waals surface area contributed by atoms with Crippen LogP contribution in [-0.2, 0) is 4.43 Å². The van der Waals surface area contributed by atoms with Crippen LogP contribution in [0.2, 0.25) is 19.6 Å². The molecule has 0 aliphatic heterocycles. The predicted molar refractivity (Wildman–Crippen MR) is 90.3 cm³/mol. The number of hydrogen-bond acceptors (Lipinski definition) is 1. The van der Waals surface area contributed by atoms with E-state index >= 15 is 0 Å². The molecule has 0 saturated heterocycles. The first-order valence-electron chi connectivity index (χ1n) is 7.78. The van der Waals surface area contributed by atoms with E-state index in [4.69, 9.17) is 4.43 Å². The van der Waals surface area contributed by atoms with Crippen LogP contribution in [0.1, 0.15) is 32.6 Å². The molecule has 110 valence electrons. The molecule has 0 aromatic carbocycles. The van der Waals surface area contributed by atoms with Crippen LogP contribution in [0.4, 0.5) is 0 Å². The summed E-state index contributed by atoms with van der Waals surface area (Å²) in [6.45, 7) is 10.1. The smallest absolute Gasteiger partial charge is 0.183 e. The Kier molecular flexibility index (Phi) is 4.87. The standard InChI is InChI=1S/C18H28OSi/c1-18(16-10-5-6-11-16,17-12-7-8-13-17)14-9-15-19-20(2,3)4/h5-8,10,12H,9,11,13-15H2,1-4H3. The van der Waals surface area contributed by atoms with Crippen LogP contribution in [0.3, 0.4) is 0 Å². The van der Waals surface area contributed by atoms with Gasteiger partial charge in [-0.2, -0.15) is 0 Å². The lowest BCUT2D eigenvalue weighted by Gasteiger charge is -2.34. The molecule has 2 rings (SSSR count). The normalized spacial score (nSPS) is 18.6. The number of rotatable bonds is 7. The summed E-state index contributed by atoms with van der Waals surface area (Å²) in [5.41, 5.74) is 3.36. The van der Waals surface area contributed by atoms with Crippen molar-refractivity contribution in [1.29, 1.82) is 0 Å². The number of hydrogen-bond donors (Lipinski definition) is 0. The molecule has 0 aromatic rings. The molecule has 0 N–H and O–H groups in total. The fraction of sp³-hybridized carbons (Fsp3) is 0.556. The van der Waals surface area contributed by atoms with E-state index < -0.39 is 8.32 Å². The summed E-state index contributed by atoms with van der Waals surface area (Å²) in [5.74, 6) is 0. The average Bonchev–Trinajstić information content (AvgIpc) is 3.04. The van der Waals surface area contributed by atoms with Gasteiger partial charge in [-0.3, -0.25) is 0 Å². The monoisotopic (exact) mass is 288 g/mol. The van der Waals surface area contributed by atoms with Crippen LogP contribution >= 0.6 is 0 Å². The van der Waals surface area contributed by atoms with E-state index in [9.17, 15) is 0 Å². The average molecular weight is 289 g/mol. The summed E-state index contributed by atoms with van der Waals surface area (Å²) in [6, 6.07) is 0. The molecule has 0 heterocycles. The second-order valence-corrected chi connectivity index (χ2v) is 11.6. The third-order valence-electron chi connectivity index (χ3n) is 4.32. The molecule has 2 aliphatic rings. The van der Waals surface area contributed by atoms with Gasteiger partial charge in [0.1, 0.15) is 0 Å². The maximum absolute atomic E-state index is 6.02. The van der Waals surface area contributed by atoms with Gasteiger partial charge in [-0.1, -0.05) is 54.5 Å². The third-order valence-corrected chi connectivity index (χ3v) is 5.39. The maximum Gasteiger partial charge on any atom is 0.183 e. The summed E-state index contributed by atoms with van der Waals surface area (Å²) in [4.78, 5) is 0. The van der Waals surface area contributed by atoms with Crippen molar-refractivity contribution in [3.8, 4) is 0 Å². The van der Waals surface area contributed by atoms with E-state index in [0.717, 1.165) is 25.9 Å². The van der Waals surface area contributed by atoms with Crippen molar-refractivity contribution in [3.05, 3.63) is 47.6 Å². The molecule has 0 unspecified atom stereocenters. The molecule has 1 nitrogen and oxygen atoms in total. The second-order valence-electron chi connectivity index (χ2n) is 7.04. The largest absolute Gasteiger partial charge is 0.418 e. The van der Waals surface area contributed by atoms with Gasteiger partial charge in [-0.25, -0.2) is 0 Å². The van der Waals surface area contributed by atoms with Crippen molar-refractivity contribution < 1.29 is 4.43 Å². The predicted octanol–water partition coefficient (Wildman–Crippen LogP) is 5.40. The Labute approximate surface area is 125 Å². The molecule has 0 amide bonds. The van der Waals surface area contributed by atoms with Crippen molar-refractivity contribution in [3.63, 3.8) is 0 Å². The van der Waals surface area contributed by atoms with Crippen molar-refractivity contribution >= 4 is 8.32 Å². The Hall–Kier alpha value is -0.863. The van der Waals surface area contributed by atoms with Gasteiger partial charge >= 0.3 is 0 Å². The fourth-order valence-corrected chi connectivity index (χ4v) is 3.80. The highest BCUT2D eigenvalue weighted by atomic mass is 28.4. The topological polar surface area (TPSA) is 9.23 Å². The quantitative estimate of drug-likeness (QED) is 0.450. The summed E-state index contributed by atoms with van der Waals surface area (Å²) in [6.07, 6.45) is 18.2. The van der Waals surface area contributed by atoms with Gasteiger partial charge in [0.25, 0.3) is 0 Å². The highest BCUT2D eigenvalue weighted by Crippen LogP contribution is 2.45. The van der Waals surface area contributed by atoms with Crippen molar-refractivity contribution in [2.75, 3.05) is 6.61 Å². The summed E-state index contributed by atoms with van der Waals surface area (Å²) in [7, 11) is -1.37. The molecule has 0 bridgehead atoms. The highest BCUT2D eigenvalue weighted by molar-refractivity contribution is 6.69. The molecule has 0 spiro atoms. The van der Waals surface area contributed by atoms with Gasteiger partial charge in [-0.15, -0.1) is 0 Å². The lowest BCUT2D eigenvalue weighted by Crippen LogP contribution is -2.27. The maximum atomic E-state index is 6.02. The second kappa shape index (κ2) is 6.27. The zero-order chi connectivity index (χ0) is 14.6. The summed E-state index contributed by atoms with van der Waals surface area (Å²) >= 11 is 0. The van der Waals surface area contributed by atoms with Crippen LogP contribution in [0.5, 0.6) is 0 Å². The van der Waals surface area contributed by atoms with E-state index in [1.54, 1.807) is 11.1 Å².